The molecule has 0 spiro atoms. The van der Waals surface area contributed by atoms with Gasteiger partial charge in [-0.15, -0.1) is 11.3 Å². The summed E-state index contributed by atoms with van der Waals surface area (Å²) in [5.41, 5.74) is 2.66. The molecule has 150 valence electrons. The summed E-state index contributed by atoms with van der Waals surface area (Å²) in [5.74, 6) is 0.0479. The minimum absolute atomic E-state index is 0.0500. The molecule has 0 aliphatic heterocycles. The van der Waals surface area contributed by atoms with Crippen molar-refractivity contribution < 1.29 is 14.3 Å². The molecule has 0 bridgehead atoms. The molecule has 0 unspecified atom stereocenters. The number of thiazole rings is 1. The standard InChI is InChI=1S/C22H23N3O3S/c1-22(2,3)15-7-9-16(10-8-15)23-20(27)18-13-29-21(24-18)25-19(26)14-5-11-17(28-4)12-6-14/h5-13H,1-4H3,(H,23,27)(H,24,25,26). The molecule has 0 aliphatic carbocycles. The molecule has 3 aromatic rings. The van der Waals surface area contributed by atoms with Gasteiger partial charge in [-0.25, -0.2) is 4.98 Å². The van der Waals surface area contributed by atoms with Crippen LogP contribution in [-0.2, 0) is 5.41 Å². The number of benzene rings is 2. The molecule has 0 fully saturated rings. The first kappa shape index (κ1) is 20.5. The van der Waals surface area contributed by atoms with Crippen molar-refractivity contribution in [3.63, 3.8) is 0 Å². The van der Waals surface area contributed by atoms with Crippen LogP contribution in [0.25, 0.3) is 0 Å². The highest BCUT2D eigenvalue weighted by Gasteiger charge is 2.15. The molecule has 2 N–H and O–H groups in total. The highest BCUT2D eigenvalue weighted by molar-refractivity contribution is 7.14. The van der Waals surface area contributed by atoms with Crippen LogP contribution in [0.3, 0.4) is 0 Å². The maximum absolute atomic E-state index is 12.4. The van der Waals surface area contributed by atoms with E-state index >= 15 is 0 Å². The minimum atomic E-state index is -0.324. The van der Waals surface area contributed by atoms with Gasteiger partial charge in [0.05, 0.1) is 7.11 Å². The van der Waals surface area contributed by atoms with E-state index in [-0.39, 0.29) is 22.9 Å². The lowest BCUT2D eigenvalue weighted by Crippen LogP contribution is -2.15. The molecule has 3 rings (SSSR count). The third kappa shape index (κ3) is 5.20. The number of amides is 2. The van der Waals surface area contributed by atoms with E-state index in [1.165, 1.54) is 16.9 Å². The van der Waals surface area contributed by atoms with E-state index in [0.29, 0.717) is 22.1 Å². The van der Waals surface area contributed by atoms with Crippen molar-refractivity contribution in [3.05, 3.63) is 70.7 Å². The van der Waals surface area contributed by atoms with Gasteiger partial charge >= 0.3 is 0 Å². The van der Waals surface area contributed by atoms with Crippen LogP contribution in [0.4, 0.5) is 10.8 Å². The van der Waals surface area contributed by atoms with E-state index in [1.807, 2.05) is 24.3 Å². The molecule has 1 heterocycles. The Hall–Kier alpha value is -3.19. The van der Waals surface area contributed by atoms with Gasteiger partial charge < -0.3 is 10.1 Å². The van der Waals surface area contributed by atoms with Crippen molar-refractivity contribution in [2.75, 3.05) is 17.7 Å². The summed E-state index contributed by atoms with van der Waals surface area (Å²) in [5, 5.41) is 7.51. The molecule has 6 nitrogen and oxygen atoms in total. The van der Waals surface area contributed by atoms with E-state index in [0.717, 1.165) is 0 Å². The Morgan fingerprint density at radius 2 is 1.59 bits per heavy atom. The highest BCUT2D eigenvalue weighted by Crippen LogP contribution is 2.24. The normalized spacial score (nSPS) is 11.0. The molecule has 2 amide bonds. The Labute approximate surface area is 173 Å². The molecular formula is C22H23N3O3S. The van der Waals surface area contributed by atoms with Gasteiger partial charge in [0.15, 0.2) is 5.13 Å². The number of nitrogens with one attached hydrogen (secondary N) is 2. The molecule has 2 aromatic carbocycles. The number of hydrogen-bond donors (Lipinski definition) is 2. The second kappa shape index (κ2) is 8.45. The van der Waals surface area contributed by atoms with Gasteiger partial charge in [0.1, 0.15) is 11.4 Å². The van der Waals surface area contributed by atoms with Crippen molar-refractivity contribution in [2.45, 2.75) is 26.2 Å². The first-order valence-electron chi connectivity index (χ1n) is 9.09. The van der Waals surface area contributed by atoms with Gasteiger partial charge in [-0.3, -0.25) is 14.9 Å². The van der Waals surface area contributed by atoms with Crippen LogP contribution in [0.1, 0.15) is 47.2 Å². The molecule has 0 atom stereocenters. The molecule has 29 heavy (non-hydrogen) atoms. The molecule has 0 radical (unpaired) electrons. The summed E-state index contributed by atoms with van der Waals surface area (Å²) in [4.78, 5) is 29.0. The Balaban J connectivity index is 1.62. The predicted molar refractivity (Wildman–Crippen MR) is 116 cm³/mol. The van der Waals surface area contributed by atoms with Gasteiger partial charge in [0, 0.05) is 16.6 Å². The quantitative estimate of drug-likeness (QED) is 0.625. The highest BCUT2D eigenvalue weighted by atomic mass is 32.1. The third-order valence-corrected chi connectivity index (χ3v) is 5.08. The summed E-state index contributed by atoms with van der Waals surface area (Å²) in [6.45, 7) is 6.41. The second-order valence-corrected chi connectivity index (χ2v) is 8.36. The molecule has 0 aliphatic rings. The first-order valence-corrected chi connectivity index (χ1v) is 9.97. The number of rotatable bonds is 5. The lowest BCUT2D eigenvalue weighted by atomic mass is 9.87. The number of nitrogens with zero attached hydrogens (tertiary/aromatic N) is 1. The largest absolute Gasteiger partial charge is 0.497 e. The van der Waals surface area contributed by atoms with Crippen molar-refractivity contribution >= 4 is 34.0 Å². The van der Waals surface area contributed by atoms with Gasteiger partial charge in [0.25, 0.3) is 11.8 Å². The van der Waals surface area contributed by atoms with Crippen LogP contribution >= 0.6 is 11.3 Å². The molecule has 0 saturated heterocycles. The van der Waals surface area contributed by atoms with Crippen LogP contribution in [0, 0.1) is 0 Å². The number of hydrogen-bond acceptors (Lipinski definition) is 5. The molecule has 0 saturated carbocycles. The Bertz CT molecular complexity index is 1000. The Morgan fingerprint density at radius 1 is 0.931 bits per heavy atom. The monoisotopic (exact) mass is 409 g/mol. The maximum Gasteiger partial charge on any atom is 0.275 e. The van der Waals surface area contributed by atoms with E-state index in [9.17, 15) is 9.59 Å². The molecular weight excluding hydrogens is 386 g/mol. The third-order valence-electron chi connectivity index (χ3n) is 4.32. The van der Waals surface area contributed by atoms with Crippen LogP contribution in [0.15, 0.2) is 53.9 Å². The average Bonchev–Trinajstić information content (AvgIpc) is 3.16. The second-order valence-electron chi connectivity index (χ2n) is 7.50. The van der Waals surface area contributed by atoms with Crippen LogP contribution < -0.4 is 15.4 Å². The molecule has 1 aromatic heterocycles. The van der Waals surface area contributed by atoms with Gasteiger partial charge in [-0.1, -0.05) is 32.9 Å². The number of anilines is 2. The zero-order chi connectivity index (χ0) is 21.0. The smallest absolute Gasteiger partial charge is 0.275 e. The summed E-state index contributed by atoms with van der Waals surface area (Å²) in [6.07, 6.45) is 0. The van der Waals surface area contributed by atoms with Crippen molar-refractivity contribution in [2.24, 2.45) is 0 Å². The number of carbonyl (C=O) groups is 2. The van der Waals surface area contributed by atoms with Crippen molar-refractivity contribution in [3.8, 4) is 5.75 Å². The number of carbonyl (C=O) groups excluding carboxylic acids is 2. The predicted octanol–water partition coefficient (Wildman–Crippen LogP) is 4.95. The van der Waals surface area contributed by atoms with E-state index < -0.39 is 0 Å². The average molecular weight is 410 g/mol. The fourth-order valence-electron chi connectivity index (χ4n) is 2.60. The number of aromatic nitrogens is 1. The number of ether oxygens (including phenoxy) is 1. The fraction of sp³-hybridized carbons (Fsp3) is 0.227. The van der Waals surface area contributed by atoms with E-state index in [2.05, 4.69) is 36.4 Å². The minimum Gasteiger partial charge on any atom is -0.497 e. The summed E-state index contributed by atoms with van der Waals surface area (Å²) < 4.78 is 5.08. The number of methoxy groups -OCH3 is 1. The van der Waals surface area contributed by atoms with Gasteiger partial charge in [-0.2, -0.15) is 0 Å². The first-order chi connectivity index (χ1) is 13.8. The maximum atomic E-state index is 12.4. The zero-order valence-corrected chi connectivity index (χ0v) is 17.6. The summed E-state index contributed by atoms with van der Waals surface area (Å²) in [7, 11) is 1.57. The topological polar surface area (TPSA) is 80.3 Å². The lowest BCUT2D eigenvalue weighted by molar-refractivity contribution is 0.101. The van der Waals surface area contributed by atoms with E-state index in [4.69, 9.17) is 4.74 Å². The fourth-order valence-corrected chi connectivity index (χ4v) is 3.28. The van der Waals surface area contributed by atoms with Gasteiger partial charge in [0.2, 0.25) is 0 Å². The lowest BCUT2D eigenvalue weighted by Gasteiger charge is -2.19. The van der Waals surface area contributed by atoms with Crippen LogP contribution in [0.2, 0.25) is 0 Å². The van der Waals surface area contributed by atoms with E-state index in [1.54, 1.807) is 36.8 Å². The summed E-state index contributed by atoms with van der Waals surface area (Å²) in [6, 6.07) is 14.5. The zero-order valence-electron chi connectivity index (χ0n) is 16.8. The van der Waals surface area contributed by atoms with Gasteiger partial charge in [-0.05, 0) is 47.4 Å². The SMILES string of the molecule is COc1ccc(C(=O)Nc2nc(C(=O)Nc3ccc(C(C)(C)C)cc3)cs2)cc1. The van der Waals surface area contributed by atoms with Crippen molar-refractivity contribution in [1.82, 2.24) is 4.98 Å². The van der Waals surface area contributed by atoms with Crippen LogP contribution in [-0.4, -0.2) is 23.9 Å². The Kier molecular flexibility index (Phi) is 5.98. The Morgan fingerprint density at radius 3 is 2.17 bits per heavy atom. The summed E-state index contributed by atoms with van der Waals surface area (Å²) >= 11 is 1.20. The molecule has 7 heteroatoms. The van der Waals surface area contributed by atoms with Crippen LogP contribution in [0.5, 0.6) is 5.75 Å². The van der Waals surface area contributed by atoms with Crippen molar-refractivity contribution in [1.29, 1.82) is 0 Å².